The first-order chi connectivity index (χ1) is 5.00. The van der Waals surface area contributed by atoms with Crippen LogP contribution in [0.2, 0.25) is 0 Å². The third-order valence-electron chi connectivity index (χ3n) is 1.24. The molecule has 4 N–H and O–H groups in total. The van der Waals surface area contributed by atoms with Crippen molar-refractivity contribution in [1.82, 2.24) is 0 Å². The highest BCUT2D eigenvalue weighted by Crippen LogP contribution is 2.12. The maximum absolute atomic E-state index is 10.8. The minimum atomic E-state index is -2.00. The van der Waals surface area contributed by atoms with E-state index in [-0.39, 0.29) is 5.29 Å². The topological polar surface area (TPSA) is 107 Å². The highest BCUT2D eigenvalue weighted by molar-refractivity contribution is 7.51. The van der Waals surface area contributed by atoms with Gasteiger partial charge in [-0.25, -0.2) is 0 Å². The fourth-order valence-corrected chi connectivity index (χ4v) is 1.09. The summed E-state index contributed by atoms with van der Waals surface area (Å²) in [7, 11) is -2.00. The Morgan fingerprint density at radius 1 is 1.82 bits per heavy atom. The van der Waals surface area contributed by atoms with Gasteiger partial charge in [-0.1, -0.05) is 0 Å². The molecule has 0 amide bonds. The van der Waals surface area contributed by atoms with E-state index in [0.717, 1.165) is 0 Å². The molecule has 0 aromatic rings. The Morgan fingerprint density at radius 2 is 2.27 bits per heavy atom. The molecule has 6 heteroatoms. The van der Waals surface area contributed by atoms with Gasteiger partial charge in [0.1, 0.15) is 5.29 Å². The molecule has 0 radical (unpaired) electrons. The van der Waals surface area contributed by atoms with E-state index in [1.54, 1.807) is 0 Å². The van der Waals surface area contributed by atoms with Crippen molar-refractivity contribution >= 4 is 19.0 Å². The molecule has 11 heavy (non-hydrogen) atoms. The van der Waals surface area contributed by atoms with E-state index in [1.807, 2.05) is 0 Å². The number of carboxylic acid groups (broad SMARTS) is 1. The summed E-state index contributed by atoms with van der Waals surface area (Å²) in [5.41, 5.74) is 5.11. The molecule has 0 aromatic heterocycles. The molecule has 5 nitrogen and oxygen atoms in total. The highest BCUT2D eigenvalue weighted by atomic mass is 31.1. The van der Waals surface area contributed by atoms with Crippen LogP contribution in [-0.2, 0) is 4.79 Å². The number of aliphatic carboxylic acids is 1. The van der Waals surface area contributed by atoms with E-state index in [0.29, 0.717) is 0 Å². The number of hydrogen-bond donors (Lipinski definition) is 3. The molecule has 0 bridgehead atoms. The van der Waals surface area contributed by atoms with Crippen molar-refractivity contribution in [2.24, 2.45) is 5.73 Å². The van der Waals surface area contributed by atoms with Crippen LogP contribution in [-0.4, -0.2) is 33.9 Å². The summed E-state index contributed by atoms with van der Waals surface area (Å²) in [4.78, 5) is 21.0. The predicted molar refractivity (Wildman–Crippen MR) is 40.3 cm³/mol. The Balaban J connectivity index is 4.46. The van der Waals surface area contributed by atoms with E-state index in [2.05, 4.69) is 0 Å². The van der Waals surface area contributed by atoms with Gasteiger partial charge >= 0.3 is 5.97 Å². The van der Waals surface area contributed by atoms with Crippen molar-refractivity contribution in [2.45, 2.75) is 13.0 Å². The number of hydrogen-bond acceptors (Lipinski definition) is 4. The van der Waals surface area contributed by atoms with Gasteiger partial charge in [-0.15, -0.1) is 0 Å². The Morgan fingerprint density at radius 3 is 2.55 bits per heavy atom. The zero-order valence-corrected chi connectivity index (χ0v) is 6.91. The first-order valence-electron chi connectivity index (χ1n) is 2.88. The summed E-state index contributed by atoms with van der Waals surface area (Å²) in [5.74, 6) is -1.24. The van der Waals surface area contributed by atoms with Crippen molar-refractivity contribution in [3.05, 3.63) is 0 Å². The van der Waals surface area contributed by atoms with Crippen LogP contribution in [0.15, 0.2) is 0 Å². The lowest BCUT2D eigenvalue weighted by molar-refractivity contribution is -0.156. The van der Waals surface area contributed by atoms with Gasteiger partial charge in [0.15, 0.2) is 12.4 Å². The second-order valence-corrected chi connectivity index (χ2v) is 3.72. The number of carbonyl (C=O) groups is 1. The van der Waals surface area contributed by atoms with Crippen LogP contribution in [0.25, 0.3) is 0 Å². The molecule has 0 rings (SSSR count). The normalized spacial score (nSPS) is 15.6. The fraction of sp³-hybridized carbons (Fsp3) is 0.600. The third-order valence-corrected chi connectivity index (χ3v) is 2.56. The van der Waals surface area contributed by atoms with Gasteiger partial charge in [-0.3, -0.25) is 4.79 Å². The average Bonchev–Trinajstić information content (AvgIpc) is 2.00. The first kappa shape index (κ1) is 10.5. The van der Waals surface area contributed by atoms with E-state index in [9.17, 15) is 9.69 Å². The standard InChI is InChI=1S/C5H10NO4P/c1-3(11(10)2-7)4(6)5(8)9/h4,7H,2,6H2,1H3,(H,8,9). The molecule has 0 aromatic carbocycles. The monoisotopic (exact) mass is 179 g/mol. The lowest BCUT2D eigenvalue weighted by Gasteiger charge is -2.04. The van der Waals surface area contributed by atoms with Crippen LogP contribution in [0.1, 0.15) is 6.92 Å². The highest BCUT2D eigenvalue weighted by Gasteiger charge is 2.20. The van der Waals surface area contributed by atoms with Crippen molar-refractivity contribution in [2.75, 3.05) is 6.35 Å². The molecular weight excluding hydrogens is 169 g/mol. The average molecular weight is 179 g/mol. The van der Waals surface area contributed by atoms with Crippen LogP contribution in [0.5, 0.6) is 0 Å². The largest absolute Gasteiger partial charge is 0.629 e. The van der Waals surface area contributed by atoms with Gasteiger partial charge in [-0.05, 0) is 6.92 Å². The summed E-state index contributed by atoms with van der Waals surface area (Å²) in [6, 6.07) is -1.24. The van der Waals surface area contributed by atoms with Crippen LogP contribution in [0.3, 0.4) is 0 Å². The van der Waals surface area contributed by atoms with Gasteiger partial charge < -0.3 is 20.8 Å². The lowest BCUT2D eigenvalue weighted by Crippen LogP contribution is -2.37. The van der Waals surface area contributed by atoms with Crippen molar-refractivity contribution in [1.29, 1.82) is 0 Å². The molecule has 0 saturated heterocycles. The predicted octanol–water partition coefficient (Wildman–Crippen LogP) is -1.70. The summed E-state index contributed by atoms with van der Waals surface area (Å²) >= 11 is 0. The van der Waals surface area contributed by atoms with Crippen LogP contribution in [0.4, 0.5) is 0 Å². The summed E-state index contributed by atoms with van der Waals surface area (Å²) in [6.07, 6.45) is -0.553. The van der Waals surface area contributed by atoms with Crippen molar-refractivity contribution in [3.63, 3.8) is 0 Å². The van der Waals surface area contributed by atoms with Gasteiger partial charge in [0, 0.05) is 0 Å². The Bertz CT molecular complexity index is 191. The number of rotatable bonds is 3. The summed E-state index contributed by atoms with van der Waals surface area (Å²) in [6.45, 7) is 1.35. The first-order valence-corrected chi connectivity index (χ1v) is 4.32. The second kappa shape index (κ2) is 4.41. The zero-order valence-electron chi connectivity index (χ0n) is 6.02. The number of carboxylic acids is 1. The minimum Gasteiger partial charge on any atom is -0.629 e. The molecule has 0 aliphatic rings. The molecule has 0 aliphatic heterocycles. The maximum Gasteiger partial charge on any atom is 0.328 e. The Labute approximate surface area is 64.9 Å². The SMILES string of the molecule is CC(C(N)C(=O)O)=[P+]([O-])CO. The van der Waals surface area contributed by atoms with E-state index < -0.39 is 26.1 Å². The quantitative estimate of drug-likeness (QED) is 0.447. The molecule has 0 heterocycles. The maximum atomic E-state index is 10.8. The molecule has 0 spiro atoms. The van der Waals surface area contributed by atoms with E-state index in [4.69, 9.17) is 15.9 Å². The van der Waals surface area contributed by atoms with Gasteiger partial charge in [0.05, 0.1) is 7.77 Å². The number of nitrogens with two attached hydrogens (primary N) is 1. The second-order valence-electron chi connectivity index (χ2n) is 1.98. The van der Waals surface area contributed by atoms with E-state index >= 15 is 0 Å². The Kier molecular flexibility index (Phi) is 4.22. The minimum absolute atomic E-state index is 0.106. The Hall–Kier alpha value is -0.480. The molecular formula is C5H10NO4P. The molecule has 2 unspecified atom stereocenters. The van der Waals surface area contributed by atoms with Gasteiger partial charge in [0.25, 0.3) is 0 Å². The lowest BCUT2D eigenvalue weighted by atomic mass is 10.2. The van der Waals surface area contributed by atoms with Gasteiger partial charge in [0.2, 0.25) is 0 Å². The fourth-order valence-electron chi connectivity index (χ4n) is 0.445. The van der Waals surface area contributed by atoms with Crippen LogP contribution >= 0.6 is 7.77 Å². The van der Waals surface area contributed by atoms with Crippen molar-refractivity contribution < 1.29 is 19.9 Å². The summed E-state index contributed by atoms with van der Waals surface area (Å²) < 4.78 is 0. The number of aliphatic hydroxyl groups excluding tert-OH is 1. The third kappa shape index (κ3) is 2.95. The van der Waals surface area contributed by atoms with E-state index in [1.165, 1.54) is 6.92 Å². The molecule has 0 saturated carbocycles. The van der Waals surface area contributed by atoms with Gasteiger partial charge in [-0.2, -0.15) is 0 Å². The molecule has 0 aliphatic carbocycles. The molecule has 2 atom stereocenters. The smallest absolute Gasteiger partial charge is 0.328 e. The molecule has 64 valence electrons. The zero-order chi connectivity index (χ0) is 9.02. The summed E-state index contributed by atoms with van der Waals surface area (Å²) in [5, 5.41) is 16.8. The van der Waals surface area contributed by atoms with Crippen molar-refractivity contribution in [3.8, 4) is 0 Å². The molecule has 0 fully saturated rings. The van der Waals surface area contributed by atoms with Crippen LogP contribution < -0.4 is 10.6 Å². The van der Waals surface area contributed by atoms with Crippen LogP contribution in [0, 0.1) is 0 Å². The number of aliphatic hydroxyl groups is 1.